The second kappa shape index (κ2) is 8.24. The van der Waals surface area contributed by atoms with Gasteiger partial charge in [0.15, 0.2) is 0 Å². The molecule has 3 rings (SSSR count). The molecule has 1 fully saturated rings. The number of nitrogens with one attached hydrogen (secondary N) is 1. The highest BCUT2D eigenvalue weighted by Gasteiger charge is 2.36. The molecule has 0 spiro atoms. The average Bonchev–Trinajstić information content (AvgIpc) is 3.29. The fourth-order valence-corrected chi connectivity index (χ4v) is 3.23. The van der Waals surface area contributed by atoms with E-state index in [0.29, 0.717) is 13.1 Å². The van der Waals surface area contributed by atoms with Crippen molar-refractivity contribution in [2.75, 3.05) is 25.0 Å². The van der Waals surface area contributed by atoms with E-state index in [0.717, 1.165) is 23.4 Å². The SMILES string of the molecule is CC(C)Oc1ccc(N2C[C@@H](C(=O)N(C)CCc3cn[nH]c3)CC2=O)cc1. The molecule has 2 heterocycles. The van der Waals surface area contributed by atoms with Crippen molar-refractivity contribution in [3.63, 3.8) is 0 Å². The maximum Gasteiger partial charge on any atom is 0.227 e. The first-order valence-corrected chi connectivity index (χ1v) is 9.23. The van der Waals surface area contributed by atoms with Crippen LogP contribution in [0.2, 0.25) is 0 Å². The first kappa shape index (κ1) is 18.9. The fourth-order valence-electron chi connectivity index (χ4n) is 3.23. The number of hydrogen-bond acceptors (Lipinski definition) is 4. The number of rotatable bonds is 7. The lowest BCUT2D eigenvalue weighted by molar-refractivity contribution is -0.134. The molecule has 0 radical (unpaired) electrons. The van der Waals surface area contributed by atoms with Crippen LogP contribution in [0.1, 0.15) is 25.8 Å². The Hall–Kier alpha value is -2.83. The molecule has 1 aliphatic heterocycles. The number of ether oxygens (including phenoxy) is 1. The van der Waals surface area contributed by atoms with Gasteiger partial charge in [-0.1, -0.05) is 0 Å². The van der Waals surface area contributed by atoms with Crippen molar-refractivity contribution in [2.24, 2.45) is 5.92 Å². The van der Waals surface area contributed by atoms with Crippen molar-refractivity contribution in [1.29, 1.82) is 0 Å². The van der Waals surface area contributed by atoms with E-state index < -0.39 is 0 Å². The second-order valence-electron chi connectivity index (χ2n) is 7.18. The van der Waals surface area contributed by atoms with Gasteiger partial charge in [-0.15, -0.1) is 0 Å². The molecule has 0 bridgehead atoms. The summed E-state index contributed by atoms with van der Waals surface area (Å²) in [4.78, 5) is 28.5. The topological polar surface area (TPSA) is 78.5 Å². The van der Waals surface area contributed by atoms with Crippen molar-refractivity contribution < 1.29 is 14.3 Å². The summed E-state index contributed by atoms with van der Waals surface area (Å²) in [6.07, 6.45) is 4.67. The summed E-state index contributed by atoms with van der Waals surface area (Å²) in [6.45, 7) is 4.96. The molecule has 2 aromatic rings. The number of anilines is 1. The summed E-state index contributed by atoms with van der Waals surface area (Å²) in [7, 11) is 1.79. The van der Waals surface area contributed by atoms with E-state index in [1.54, 1.807) is 23.0 Å². The minimum atomic E-state index is -0.307. The second-order valence-corrected chi connectivity index (χ2v) is 7.18. The number of carbonyl (C=O) groups is 2. The molecule has 7 heteroatoms. The fraction of sp³-hybridized carbons (Fsp3) is 0.450. The molecule has 0 unspecified atom stereocenters. The lowest BCUT2D eigenvalue weighted by atomic mass is 10.1. The van der Waals surface area contributed by atoms with E-state index in [9.17, 15) is 9.59 Å². The minimum absolute atomic E-state index is 0.00843. The number of carbonyl (C=O) groups excluding carboxylic acids is 2. The van der Waals surface area contributed by atoms with Crippen molar-refractivity contribution in [3.05, 3.63) is 42.2 Å². The molecule has 1 N–H and O–H groups in total. The van der Waals surface area contributed by atoms with Crippen molar-refractivity contribution in [3.8, 4) is 5.75 Å². The van der Waals surface area contributed by atoms with Crippen LogP contribution in [-0.4, -0.2) is 53.2 Å². The molecule has 2 amide bonds. The monoisotopic (exact) mass is 370 g/mol. The zero-order valence-electron chi connectivity index (χ0n) is 16.0. The highest BCUT2D eigenvalue weighted by atomic mass is 16.5. The highest BCUT2D eigenvalue weighted by Crippen LogP contribution is 2.28. The first-order chi connectivity index (χ1) is 12.9. The Labute approximate surface area is 159 Å². The number of amides is 2. The van der Waals surface area contributed by atoms with Crippen LogP contribution in [0.25, 0.3) is 0 Å². The molecule has 1 saturated heterocycles. The number of hydrogen-bond donors (Lipinski definition) is 1. The maximum absolute atomic E-state index is 12.7. The number of H-pyrrole nitrogens is 1. The molecule has 27 heavy (non-hydrogen) atoms. The Kier molecular flexibility index (Phi) is 5.78. The highest BCUT2D eigenvalue weighted by molar-refractivity contribution is 6.00. The van der Waals surface area contributed by atoms with Gasteiger partial charge in [-0.2, -0.15) is 5.10 Å². The number of benzene rings is 1. The Morgan fingerprint density at radius 1 is 1.37 bits per heavy atom. The average molecular weight is 370 g/mol. The van der Waals surface area contributed by atoms with Gasteiger partial charge in [0.1, 0.15) is 5.75 Å². The van der Waals surface area contributed by atoms with Crippen molar-refractivity contribution in [2.45, 2.75) is 32.8 Å². The van der Waals surface area contributed by atoms with E-state index in [1.807, 2.05) is 44.3 Å². The number of aromatic nitrogens is 2. The molecule has 1 aromatic heterocycles. The molecule has 0 saturated carbocycles. The third-order valence-electron chi connectivity index (χ3n) is 4.66. The van der Waals surface area contributed by atoms with E-state index in [-0.39, 0.29) is 30.3 Å². The van der Waals surface area contributed by atoms with Gasteiger partial charge in [-0.3, -0.25) is 14.7 Å². The van der Waals surface area contributed by atoms with Crippen LogP contribution in [0.5, 0.6) is 5.75 Å². The van der Waals surface area contributed by atoms with E-state index >= 15 is 0 Å². The van der Waals surface area contributed by atoms with Crippen LogP contribution >= 0.6 is 0 Å². The summed E-state index contributed by atoms with van der Waals surface area (Å²) in [6, 6.07) is 7.44. The van der Waals surface area contributed by atoms with Gasteiger partial charge in [0, 0.05) is 38.4 Å². The lowest BCUT2D eigenvalue weighted by Crippen LogP contribution is -2.35. The Morgan fingerprint density at radius 2 is 2.11 bits per heavy atom. The van der Waals surface area contributed by atoms with Crippen LogP contribution in [0, 0.1) is 5.92 Å². The third kappa shape index (κ3) is 4.67. The molecule has 1 aliphatic rings. The van der Waals surface area contributed by atoms with Gasteiger partial charge in [0.25, 0.3) is 0 Å². The van der Waals surface area contributed by atoms with Crippen molar-refractivity contribution in [1.82, 2.24) is 15.1 Å². The molecular formula is C20H26N4O3. The summed E-state index contributed by atoms with van der Waals surface area (Å²) >= 11 is 0. The van der Waals surface area contributed by atoms with E-state index in [4.69, 9.17) is 4.74 Å². The number of nitrogens with zero attached hydrogens (tertiary/aromatic N) is 3. The molecule has 1 atom stereocenters. The zero-order valence-corrected chi connectivity index (χ0v) is 16.0. The van der Waals surface area contributed by atoms with Crippen LogP contribution < -0.4 is 9.64 Å². The molecule has 7 nitrogen and oxygen atoms in total. The summed E-state index contributed by atoms with van der Waals surface area (Å²) in [5, 5.41) is 6.68. The summed E-state index contributed by atoms with van der Waals surface area (Å²) in [5.41, 5.74) is 1.86. The smallest absolute Gasteiger partial charge is 0.227 e. The predicted molar refractivity (Wildman–Crippen MR) is 103 cm³/mol. The molecule has 1 aromatic carbocycles. The zero-order chi connectivity index (χ0) is 19.4. The van der Waals surface area contributed by atoms with Crippen LogP contribution in [-0.2, 0) is 16.0 Å². The van der Waals surface area contributed by atoms with Crippen LogP contribution in [0.15, 0.2) is 36.7 Å². The quantitative estimate of drug-likeness (QED) is 0.811. The van der Waals surface area contributed by atoms with E-state index in [2.05, 4.69) is 10.2 Å². The van der Waals surface area contributed by atoms with Gasteiger partial charge < -0.3 is 14.5 Å². The number of likely N-dealkylation sites (N-methyl/N-ethyl adjacent to an activating group) is 1. The largest absolute Gasteiger partial charge is 0.491 e. The van der Waals surface area contributed by atoms with Gasteiger partial charge in [0.05, 0.1) is 18.2 Å². The van der Waals surface area contributed by atoms with Gasteiger partial charge >= 0.3 is 0 Å². The van der Waals surface area contributed by atoms with Crippen LogP contribution in [0.3, 0.4) is 0 Å². The standard InChI is InChI=1S/C20H26N4O3/c1-14(2)27-18-6-4-17(5-7-18)24-13-16(10-19(24)25)20(26)23(3)9-8-15-11-21-22-12-15/h4-7,11-12,14,16H,8-10,13H2,1-3H3,(H,21,22)/t16-/m0/s1. The maximum atomic E-state index is 12.7. The van der Waals surface area contributed by atoms with Crippen molar-refractivity contribution >= 4 is 17.5 Å². The Balaban J connectivity index is 1.58. The number of aromatic amines is 1. The third-order valence-corrected chi connectivity index (χ3v) is 4.66. The predicted octanol–water partition coefficient (Wildman–Crippen LogP) is 2.25. The normalized spacial score (nSPS) is 16.8. The summed E-state index contributed by atoms with van der Waals surface area (Å²) in [5.74, 6) is 0.452. The first-order valence-electron chi connectivity index (χ1n) is 9.23. The lowest BCUT2D eigenvalue weighted by Gasteiger charge is -2.21. The minimum Gasteiger partial charge on any atom is -0.491 e. The Morgan fingerprint density at radius 3 is 2.74 bits per heavy atom. The molecular weight excluding hydrogens is 344 g/mol. The van der Waals surface area contributed by atoms with Crippen LogP contribution in [0.4, 0.5) is 5.69 Å². The van der Waals surface area contributed by atoms with Gasteiger partial charge in [0.2, 0.25) is 11.8 Å². The Bertz CT molecular complexity index is 771. The van der Waals surface area contributed by atoms with Gasteiger partial charge in [-0.25, -0.2) is 0 Å². The molecule has 144 valence electrons. The van der Waals surface area contributed by atoms with Gasteiger partial charge in [-0.05, 0) is 50.1 Å². The summed E-state index contributed by atoms with van der Waals surface area (Å²) < 4.78 is 5.64. The molecule has 0 aliphatic carbocycles. The van der Waals surface area contributed by atoms with E-state index in [1.165, 1.54) is 0 Å².